The van der Waals surface area contributed by atoms with Crippen molar-refractivity contribution in [3.8, 4) is 0 Å². The lowest BCUT2D eigenvalue weighted by Crippen LogP contribution is -2.48. The summed E-state index contributed by atoms with van der Waals surface area (Å²) in [7, 11) is 0. The number of carbonyl (C=O) groups excluding carboxylic acids is 3. The number of ether oxygens (including phenoxy) is 2. The van der Waals surface area contributed by atoms with Crippen LogP contribution in [0.5, 0.6) is 0 Å². The zero-order valence-electron chi connectivity index (χ0n) is 11.3. The van der Waals surface area contributed by atoms with E-state index < -0.39 is 29.9 Å². The summed E-state index contributed by atoms with van der Waals surface area (Å²) in [5, 5.41) is 2.35. The van der Waals surface area contributed by atoms with Crippen LogP contribution in [0, 0.1) is 0 Å². The normalized spacial score (nSPS) is 12.6. The maximum absolute atomic E-state index is 11.6. The number of hydrogen-bond acceptors (Lipinski definition) is 6. The maximum atomic E-state index is 11.6. The van der Waals surface area contributed by atoms with Crippen LogP contribution in [0.1, 0.15) is 27.2 Å². The van der Waals surface area contributed by atoms with Crippen LogP contribution >= 0.6 is 12.4 Å². The van der Waals surface area contributed by atoms with Crippen molar-refractivity contribution in [2.45, 2.75) is 39.3 Å². The smallest absolute Gasteiger partial charge is 0.329 e. The zero-order valence-corrected chi connectivity index (χ0v) is 12.1. The van der Waals surface area contributed by atoms with Gasteiger partial charge in [0.25, 0.3) is 0 Å². The Labute approximate surface area is 118 Å². The van der Waals surface area contributed by atoms with Gasteiger partial charge in [0, 0.05) is 0 Å². The van der Waals surface area contributed by atoms with Crippen LogP contribution in [-0.2, 0) is 23.9 Å². The summed E-state index contributed by atoms with van der Waals surface area (Å²) in [5.74, 6) is -1.79. The Kier molecular flexibility index (Phi) is 11.1. The third kappa shape index (κ3) is 8.39. The van der Waals surface area contributed by atoms with Crippen molar-refractivity contribution in [2.75, 3.05) is 13.2 Å². The third-order valence-electron chi connectivity index (χ3n) is 1.98. The number of rotatable bonds is 7. The Morgan fingerprint density at radius 3 is 2.11 bits per heavy atom. The molecular weight excluding hydrogens is 276 g/mol. The highest BCUT2D eigenvalue weighted by molar-refractivity contribution is 5.89. The molecule has 2 atom stereocenters. The molecular formula is C11H21ClN2O5. The molecule has 0 saturated carbocycles. The van der Waals surface area contributed by atoms with Crippen LogP contribution in [0.2, 0.25) is 0 Å². The largest absolute Gasteiger partial charge is 0.466 e. The van der Waals surface area contributed by atoms with Gasteiger partial charge in [-0.05, 0) is 20.8 Å². The SMILES string of the molecule is CCOC(=O)C[C@H](NC(=O)C(C)N)C(=O)OCC.Cl. The quantitative estimate of drug-likeness (QED) is 0.628. The van der Waals surface area contributed by atoms with Gasteiger partial charge in [-0.2, -0.15) is 0 Å². The molecule has 0 aromatic rings. The van der Waals surface area contributed by atoms with E-state index in [2.05, 4.69) is 5.32 Å². The van der Waals surface area contributed by atoms with Gasteiger partial charge >= 0.3 is 11.9 Å². The molecule has 0 radical (unpaired) electrons. The molecule has 0 spiro atoms. The van der Waals surface area contributed by atoms with E-state index in [0.29, 0.717) is 0 Å². The van der Waals surface area contributed by atoms with Crippen molar-refractivity contribution in [3.05, 3.63) is 0 Å². The minimum Gasteiger partial charge on any atom is -0.466 e. The second kappa shape index (κ2) is 10.6. The molecule has 3 N–H and O–H groups in total. The fraction of sp³-hybridized carbons (Fsp3) is 0.727. The van der Waals surface area contributed by atoms with Crippen LogP contribution in [0.3, 0.4) is 0 Å². The van der Waals surface area contributed by atoms with Crippen LogP contribution in [0.4, 0.5) is 0 Å². The molecule has 1 amide bonds. The fourth-order valence-corrected chi connectivity index (χ4v) is 1.13. The van der Waals surface area contributed by atoms with E-state index in [0.717, 1.165) is 0 Å². The van der Waals surface area contributed by atoms with Crippen LogP contribution in [-0.4, -0.2) is 43.1 Å². The molecule has 0 aliphatic rings. The molecule has 0 aromatic carbocycles. The van der Waals surface area contributed by atoms with Crippen molar-refractivity contribution in [3.63, 3.8) is 0 Å². The minimum atomic E-state index is -1.07. The van der Waals surface area contributed by atoms with Gasteiger partial charge in [0.2, 0.25) is 5.91 Å². The molecule has 0 rings (SSSR count). The Bertz CT molecular complexity index is 309. The fourth-order valence-electron chi connectivity index (χ4n) is 1.13. The number of esters is 2. The molecule has 112 valence electrons. The molecule has 0 aliphatic carbocycles. The van der Waals surface area contributed by atoms with Crippen molar-refractivity contribution in [1.82, 2.24) is 5.32 Å². The predicted octanol–water partition coefficient (Wildman–Crippen LogP) is -0.243. The van der Waals surface area contributed by atoms with Crippen molar-refractivity contribution in [2.24, 2.45) is 5.73 Å². The molecule has 0 aromatic heterocycles. The van der Waals surface area contributed by atoms with E-state index in [9.17, 15) is 14.4 Å². The first-order valence-electron chi connectivity index (χ1n) is 5.80. The van der Waals surface area contributed by atoms with Gasteiger partial charge in [-0.15, -0.1) is 12.4 Å². The summed E-state index contributed by atoms with van der Waals surface area (Å²) in [6.45, 7) is 5.12. The average molecular weight is 297 g/mol. The Morgan fingerprint density at radius 1 is 1.16 bits per heavy atom. The summed E-state index contributed by atoms with van der Waals surface area (Å²) in [5.41, 5.74) is 5.37. The zero-order chi connectivity index (χ0) is 14.1. The van der Waals surface area contributed by atoms with Crippen molar-refractivity contribution in [1.29, 1.82) is 0 Å². The lowest BCUT2D eigenvalue weighted by atomic mass is 10.2. The monoisotopic (exact) mass is 296 g/mol. The molecule has 8 heteroatoms. The lowest BCUT2D eigenvalue weighted by molar-refractivity contribution is -0.153. The highest BCUT2D eigenvalue weighted by atomic mass is 35.5. The molecule has 0 saturated heterocycles. The average Bonchev–Trinajstić information content (AvgIpc) is 2.28. The van der Waals surface area contributed by atoms with Gasteiger partial charge in [-0.25, -0.2) is 4.79 Å². The van der Waals surface area contributed by atoms with Gasteiger partial charge in [0.15, 0.2) is 0 Å². The molecule has 0 aliphatic heterocycles. The maximum Gasteiger partial charge on any atom is 0.329 e. The van der Waals surface area contributed by atoms with E-state index in [1.807, 2.05) is 0 Å². The second-order valence-electron chi connectivity index (χ2n) is 3.61. The summed E-state index contributed by atoms with van der Waals surface area (Å²) in [4.78, 5) is 34.3. The first-order chi connectivity index (χ1) is 8.42. The number of nitrogens with one attached hydrogen (secondary N) is 1. The number of carbonyl (C=O) groups is 3. The first kappa shape index (κ1) is 20.0. The standard InChI is InChI=1S/C11H20N2O5.ClH/c1-4-17-9(14)6-8(11(16)18-5-2)13-10(15)7(3)12;/h7-8H,4-6,12H2,1-3H3,(H,13,15);1H/t7?,8-;/m0./s1. The topological polar surface area (TPSA) is 108 Å². The van der Waals surface area contributed by atoms with Gasteiger partial charge < -0.3 is 20.5 Å². The van der Waals surface area contributed by atoms with Crippen LogP contribution in [0.15, 0.2) is 0 Å². The second-order valence-corrected chi connectivity index (χ2v) is 3.61. The highest BCUT2D eigenvalue weighted by Crippen LogP contribution is 1.99. The first-order valence-corrected chi connectivity index (χ1v) is 5.80. The molecule has 7 nitrogen and oxygen atoms in total. The van der Waals surface area contributed by atoms with Crippen LogP contribution < -0.4 is 11.1 Å². The van der Waals surface area contributed by atoms with Crippen molar-refractivity contribution >= 4 is 30.3 Å². The van der Waals surface area contributed by atoms with E-state index in [4.69, 9.17) is 15.2 Å². The van der Waals surface area contributed by atoms with E-state index in [-0.39, 0.29) is 32.0 Å². The number of amides is 1. The lowest BCUT2D eigenvalue weighted by Gasteiger charge is -2.17. The number of nitrogens with two attached hydrogens (primary N) is 1. The van der Waals surface area contributed by atoms with Gasteiger partial charge in [-0.3, -0.25) is 9.59 Å². The van der Waals surface area contributed by atoms with Gasteiger partial charge in [0.1, 0.15) is 6.04 Å². The van der Waals surface area contributed by atoms with E-state index >= 15 is 0 Å². The summed E-state index contributed by atoms with van der Waals surface area (Å²) >= 11 is 0. The van der Waals surface area contributed by atoms with Crippen LogP contribution in [0.25, 0.3) is 0 Å². The molecule has 1 unspecified atom stereocenters. The predicted molar refractivity (Wildman–Crippen MR) is 70.7 cm³/mol. The Hall–Kier alpha value is -1.34. The number of halogens is 1. The highest BCUT2D eigenvalue weighted by Gasteiger charge is 2.26. The Balaban J connectivity index is 0. The third-order valence-corrected chi connectivity index (χ3v) is 1.98. The molecule has 19 heavy (non-hydrogen) atoms. The van der Waals surface area contributed by atoms with Gasteiger partial charge in [-0.1, -0.05) is 0 Å². The molecule has 0 heterocycles. The van der Waals surface area contributed by atoms with E-state index in [1.165, 1.54) is 6.92 Å². The molecule has 0 bridgehead atoms. The Morgan fingerprint density at radius 2 is 1.68 bits per heavy atom. The van der Waals surface area contributed by atoms with Crippen molar-refractivity contribution < 1.29 is 23.9 Å². The summed E-state index contributed by atoms with van der Waals surface area (Å²) in [6, 6.07) is -1.84. The molecule has 0 fully saturated rings. The summed E-state index contributed by atoms with van der Waals surface area (Å²) < 4.78 is 9.47. The summed E-state index contributed by atoms with van der Waals surface area (Å²) in [6.07, 6.45) is -0.273. The van der Waals surface area contributed by atoms with Gasteiger partial charge in [0.05, 0.1) is 25.7 Å². The minimum absolute atomic E-state index is 0. The van der Waals surface area contributed by atoms with E-state index in [1.54, 1.807) is 13.8 Å². The number of hydrogen-bond donors (Lipinski definition) is 2.